The maximum Gasteiger partial charge on any atom is 0.573 e. The van der Waals surface area contributed by atoms with E-state index >= 15 is 0 Å². The molecule has 1 aromatic carbocycles. The molecule has 1 fully saturated rings. The lowest BCUT2D eigenvalue weighted by Gasteiger charge is -2.22. The van der Waals surface area contributed by atoms with Gasteiger partial charge in [-0.15, -0.1) is 18.3 Å². The van der Waals surface area contributed by atoms with Crippen molar-refractivity contribution >= 4 is 17.7 Å². The number of amides is 1. The molecule has 0 unspecified atom stereocenters. The number of carbonyl (C=O) groups excluding carboxylic acids is 1. The molecule has 0 radical (unpaired) electrons. The molecule has 2 aromatic heterocycles. The fourth-order valence-electron chi connectivity index (χ4n) is 4.00. The molecule has 3 aromatic rings. The van der Waals surface area contributed by atoms with E-state index in [1.165, 1.54) is 40.7 Å². The monoisotopic (exact) mass is 506 g/mol. The molecular formula is C23H25F3N6O2S. The summed E-state index contributed by atoms with van der Waals surface area (Å²) in [5, 5.41) is 11.9. The normalized spacial score (nSPS) is 14.7. The van der Waals surface area contributed by atoms with Gasteiger partial charge in [-0.2, -0.15) is 0 Å². The SMILES string of the molecule is Cc1cc(C)nc(SCc2c(C(=O)NC3CCCCC3)nnn2-c2ccc(OC(F)(F)F)cc2)n1. The summed E-state index contributed by atoms with van der Waals surface area (Å²) in [7, 11) is 0. The average Bonchev–Trinajstić information content (AvgIpc) is 3.21. The van der Waals surface area contributed by atoms with Gasteiger partial charge < -0.3 is 10.1 Å². The molecule has 0 saturated heterocycles. The summed E-state index contributed by atoms with van der Waals surface area (Å²) in [6, 6.07) is 7.19. The van der Waals surface area contributed by atoms with Gasteiger partial charge in [-0.25, -0.2) is 14.6 Å². The van der Waals surface area contributed by atoms with Crippen molar-refractivity contribution in [1.82, 2.24) is 30.3 Å². The topological polar surface area (TPSA) is 94.8 Å². The summed E-state index contributed by atoms with van der Waals surface area (Å²) in [5.74, 6) is -0.391. The van der Waals surface area contributed by atoms with Gasteiger partial charge in [-0.1, -0.05) is 36.2 Å². The van der Waals surface area contributed by atoms with Crippen LogP contribution in [0.15, 0.2) is 35.5 Å². The first-order chi connectivity index (χ1) is 16.7. The Morgan fingerprint density at radius 3 is 2.40 bits per heavy atom. The van der Waals surface area contributed by atoms with E-state index in [4.69, 9.17) is 0 Å². The number of benzene rings is 1. The molecule has 0 spiro atoms. The van der Waals surface area contributed by atoms with Gasteiger partial charge in [-0.3, -0.25) is 4.79 Å². The highest BCUT2D eigenvalue weighted by Crippen LogP contribution is 2.27. The predicted octanol–water partition coefficient (Wildman–Crippen LogP) is 4.93. The maximum absolute atomic E-state index is 13.1. The summed E-state index contributed by atoms with van der Waals surface area (Å²) in [6.07, 6.45) is 0.344. The second-order valence-corrected chi connectivity index (χ2v) is 9.31. The molecular weight excluding hydrogens is 481 g/mol. The Bertz CT molecular complexity index is 1160. The van der Waals surface area contributed by atoms with Crippen molar-refractivity contribution in [2.24, 2.45) is 0 Å². The number of rotatable bonds is 7. The van der Waals surface area contributed by atoms with E-state index in [1.807, 2.05) is 19.9 Å². The summed E-state index contributed by atoms with van der Waals surface area (Å²) in [4.78, 5) is 22.0. The molecule has 35 heavy (non-hydrogen) atoms. The molecule has 8 nitrogen and oxygen atoms in total. The number of hydrogen-bond acceptors (Lipinski definition) is 7. The summed E-state index contributed by atoms with van der Waals surface area (Å²) in [5.41, 5.74) is 2.75. The van der Waals surface area contributed by atoms with Crippen LogP contribution in [0.5, 0.6) is 5.75 Å². The van der Waals surface area contributed by atoms with Crippen LogP contribution >= 0.6 is 11.8 Å². The van der Waals surface area contributed by atoms with E-state index < -0.39 is 6.36 Å². The van der Waals surface area contributed by atoms with Crippen molar-refractivity contribution in [2.45, 2.75) is 69.3 Å². The molecule has 1 N–H and O–H groups in total. The standard InChI is InChI=1S/C23H25F3N6O2S/c1-14-12-15(2)28-22(27-14)35-13-19-20(21(33)29-16-6-4-3-5-7-16)30-31-32(19)17-8-10-18(11-9-17)34-23(24,25)26/h8-12,16H,3-7,13H2,1-2H3,(H,29,33). The Morgan fingerprint density at radius 1 is 1.11 bits per heavy atom. The van der Waals surface area contributed by atoms with Gasteiger partial charge in [0, 0.05) is 23.2 Å². The van der Waals surface area contributed by atoms with E-state index in [-0.39, 0.29) is 29.1 Å². The van der Waals surface area contributed by atoms with Crippen LogP contribution in [0.25, 0.3) is 5.69 Å². The number of alkyl halides is 3. The number of halogens is 3. The van der Waals surface area contributed by atoms with Crippen LogP contribution in [-0.4, -0.2) is 43.3 Å². The van der Waals surface area contributed by atoms with Crippen LogP contribution in [0.3, 0.4) is 0 Å². The number of ether oxygens (including phenoxy) is 1. The predicted molar refractivity (Wildman–Crippen MR) is 123 cm³/mol. The molecule has 1 amide bonds. The second-order valence-electron chi connectivity index (χ2n) is 8.37. The first-order valence-electron chi connectivity index (χ1n) is 11.2. The number of aromatic nitrogens is 5. The minimum atomic E-state index is -4.78. The summed E-state index contributed by atoms with van der Waals surface area (Å²) >= 11 is 1.33. The van der Waals surface area contributed by atoms with Gasteiger partial charge in [0.2, 0.25) is 0 Å². The van der Waals surface area contributed by atoms with Gasteiger partial charge in [0.25, 0.3) is 5.91 Å². The minimum Gasteiger partial charge on any atom is -0.406 e. The van der Waals surface area contributed by atoms with Crippen molar-refractivity contribution in [3.8, 4) is 11.4 Å². The zero-order chi connectivity index (χ0) is 25.0. The Balaban J connectivity index is 1.61. The highest BCUT2D eigenvalue weighted by Gasteiger charge is 2.31. The molecule has 12 heteroatoms. The zero-order valence-corrected chi connectivity index (χ0v) is 20.1. The third-order valence-corrected chi connectivity index (χ3v) is 6.39. The highest BCUT2D eigenvalue weighted by molar-refractivity contribution is 7.98. The Morgan fingerprint density at radius 2 is 1.77 bits per heavy atom. The van der Waals surface area contributed by atoms with Crippen molar-refractivity contribution in [2.75, 3.05) is 0 Å². The molecule has 0 aliphatic heterocycles. The third kappa shape index (κ3) is 6.71. The summed E-state index contributed by atoms with van der Waals surface area (Å²) < 4.78 is 43.0. The van der Waals surface area contributed by atoms with Gasteiger partial charge in [0.05, 0.1) is 11.4 Å². The van der Waals surface area contributed by atoms with Crippen LogP contribution in [0.2, 0.25) is 0 Å². The third-order valence-electron chi connectivity index (χ3n) is 5.53. The Kier molecular flexibility index (Phi) is 7.58. The summed E-state index contributed by atoms with van der Waals surface area (Å²) in [6.45, 7) is 3.75. The zero-order valence-electron chi connectivity index (χ0n) is 19.3. The first-order valence-corrected chi connectivity index (χ1v) is 12.2. The maximum atomic E-state index is 13.1. The van der Waals surface area contributed by atoms with Gasteiger partial charge in [-0.05, 0) is 57.0 Å². The van der Waals surface area contributed by atoms with Gasteiger partial charge >= 0.3 is 6.36 Å². The van der Waals surface area contributed by atoms with E-state index in [9.17, 15) is 18.0 Å². The molecule has 0 bridgehead atoms. The van der Waals surface area contributed by atoms with Crippen molar-refractivity contribution in [3.63, 3.8) is 0 Å². The number of hydrogen-bond donors (Lipinski definition) is 1. The van der Waals surface area contributed by atoms with Gasteiger partial charge in [0.15, 0.2) is 10.9 Å². The smallest absolute Gasteiger partial charge is 0.406 e. The van der Waals surface area contributed by atoms with Crippen molar-refractivity contribution in [3.05, 3.63) is 53.1 Å². The van der Waals surface area contributed by atoms with Gasteiger partial charge in [0.1, 0.15) is 5.75 Å². The minimum absolute atomic E-state index is 0.0865. The number of carbonyl (C=O) groups is 1. The second kappa shape index (κ2) is 10.6. The fraction of sp³-hybridized carbons (Fsp3) is 0.435. The van der Waals surface area contributed by atoms with E-state index in [0.717, 1.165) is 43.5 Å². The number of nitrogens with zero attached hydrogens (tertiary/aromatic N) is 5. The quantitative estimate of drug-likeness (QED) is 0.359. The van der Waals surface area contributed by atoms with E-state index in [2.05, 4.69) is 30.3 Å². The van der Waals surface area contributed by atoms with Crippen LogP contribution in [-0.2, 0) is 5.75 Å². The van der Waals surface area contributed by atoms with E-state index in [0.29, 0.717) is 16.5 Å². The largest absolute Gasteiger partial charge is 0.573 e. The molecule has 1 aliphatic rings. The lowest BCUT2D eigenvalue weighted by Crippen LogP contribution is -2.36. The molecule has 1 aliphatic carbocycles. The number of nitrogens with one attached hydrogen (secondary N) is 1. The first kappa shape index (κ1) is 25.0. The lowest BCUT2D eigenvalue weighted by atomic mass is 9.95. The molecule has 186 valence electrons. The number of aryl methyl sites for hydroxylation is 2. The van der Waals surface area contributed by atoms with Crippen molar-refractivity contribution in [1.29, 1.82) is 0 Å². The average molecular weight is 507 g/mol. The molecule has 1 saturated carbocycles. The van der Waals surface area contributed by atoms with Crippen LogP contribution < -0.4 is 10.1 Å². The van der Waals surface area contributed by atoms with Crippen LogP contribution in [0.1, 0.15) is 59.7 Å². The Hall–Kier alpha value is -3.15. The molecule has 4 rings (SSSR count). The van der Waals surface area contributed by atoms with E-state index in [1.54, 1.807) is 0 Å². The lowest BCUT2D eigenvalue weighted by molar-refractivity contribution is -0.274. The highest BCUT2D eigenvalue weighted by atomic mass is 32.2. The molecule has 2 heterocycles. The van der Waals surface area contributed by atoms with Crippen LogP contribution in [0, 0.1) is 13.8 Å². The number of thioether (sulfide) groups is 1. The van der Waals surface area contributed by atoms with Crippen molar-refractivity contribution < 1.29 is 22.7 Å². The fourth-order valence-corrected chi connectivity index (χ4v) is 4.94. The molecule has 0 atom stereocenters. The van der Waals surface area contributed by atoms with Crippen LogP contribution in [0.4, 0.5) is 13.2 Å². The Labute approximate surface area is 204 Å².